The van der Waals surface area contributed by atoms with Crippen molar-refractivity contribution >= 4 is 57.1 Å². The second-order valence-electron chi connectivity index (χ2n) is 4.58. The third-order valence-corrected chi connectivity index (χ3v) is 4.36. The van der Waals surface area contributed by atoms with Crippen LogP contribution in [-0.4, -0.2) is 17.0 Å². The van der Waals surface area contributed by atoms with E-state index in [1.165, 1.54) is 0 Å². The number of fused-ring (bicyclic) bond motifs is 1. The van der Waals surface area contributed by atoms with Crippen LogP contribution in [-0.2, 0) is 0 Å². The van der Waals surface area contributed by atoms with Gasteiger partial charge in [-0.2, -0.15) is 0 Å². The standard InChI is InChI=1S/C16H12Cl2N2S/c1-21-16-9-14(10-2-4-11(17)5-3-10)19-15-8-12(18)6-7-13(15)20-16/h2-8H,9H2,1H3. The Morgan fingerprint density at radius 2 is 1.62 bits per heavy atom. The smallest absolute Gasteiger partial charge is 0.0905 e. The van der Waals surface area contributed by atoms with E-state index in [0.717, 1.165) is 32.7 Å². The van der Waals surface area contributed by atoms with E-state index in [9.17, 15) is 0 Å². The van der Waals surface area contributed by atoms with Gasteiger partial charge in [0.25, 0.3) is 0 Å². The Hall–Kier alpha value is -1.29. The lowest BCUT2D eigenvalue weighted by Gasteiger charge is -2.05. The molecule has 1 aliphatic heterocycles. The molecule has 0 N–H and O–H groups in total. The number of benzene rings is 2. The molecule has 106 valence electrons. The monoisotopic (exact) mass is 334 g/mol. The van der Waals surface area contributed by atoms with Crippen molar-refractivity contribution < 1.29 is 0 Å². The highest BCUT2D eigenvalue weighted by molar-refractivity contribution is 8.13. The topological polar surface area (TPSA) is 24.7 Å². The molecule has 0 aromatic heterocycles. The van der Waals surface area contributed by atoms with Gasteiger partial charge in [-0.05, 0) is 42.2 Å². The summed E-state index contributed by atoms with van der Waals surface area (Å²) in [5.74, 6) is 0. The van der Waals surface area contributed by atoms with Crippen LogP contribution in [0, 0.1) is 0 Å². The SMILES string of the molecule is CSC1=Nc2ccc(Cl)cc2N=C(c2ccc(Cl)cc2)C1. The maximum Gasteiger partial charge on any atom is 0.0905 e. The van der Waals surface area contributed by atoms with Gasteiger partial charge in [0.1, 0.15) is 0 Å². The molecule has 0 saturated carbocycles. The fraction of sp³-hybridized carbons (Fsp3) is 0.125. The Balaban J connectivity index is 2.12. The molecule has 1 heterocycles. The van der Waals surface area contributed by atoms with Gasteiger partial charge >= 0.3 is 0 Å². The molecule has 0 atom stereocenters. The van der Waals surface area contributed by atoms with Gasteiger partial charge in [0.05, 0.1) is 22.1 Å². The maximum absolute atomic E-state index is 6.07. The van der Waals surface area contributed by atoms with Crippen molar-refractivity contribution in [2.75, 3.05) is 6.26 Å². The molecule has 0 fully saturated rings. The average Bonchev–Trinajstić information content (AvgIpc) is 2.66. The van der Waals surface area contributed by atoms with Crippen molar-refractivity contribution in [2.24, 2.45) is 9.98 Å². The molecular weight excluding hydrogens is 323 g/mol. The molecule has 0 spiro atoms. The summed E-state index contributed by atoms with van der Waals surface area (Å²) in [5.41, 5.74) is 3.68. The van der Waals surface area contributed by atoms with E-state index in [1.54, 1.807) is 11.8 Å². The van der Waals surface area contributed by atoms with E-state index in [0.29, 0.717) is 11.4 Å². The molecule has 1 aliphatic rings. The summed E-state index contributed by atoms with van der Waals surface area (Å²) in [5, 5.41) is 2.41. The molecule has 2 aromatic carbocycles. The zero-order chi connectivity index (χ0) is 14.8. The van der Waals surface area contributed by atoms with Crippen LogP contribution in [0.1, 0.15) is 12.0 Å². The minimum absolute atomic E-state index is 0.663. The van der Waals surface area contributed by atoms with Gasteiger partial charge in [-0.3, -0.25) is 4.99 Å². The summed E-state index contributed by atoms with van der Waals surface area (Å²) in [4.78, 5) is 9.43. The highest BCUT2D eigenvalue weighted by Gasteiger charge is 2.14. The Morgan fingerprint density at radius 1 is 0.905 bits per heavy atom. The third-order valence-electron chi connectivity index (χ3n) is 3.17. The summed E-state index contributed by atoms with van der Waals surface area (Å²) in [6, 6.07) is 13.3. The third kappa shape index (κ3) is 3.31. The largest absolute Gasteiger partial charge is 0.250 e. The van der Waals surface area contributed by atoms with E-state index in [-0.39, 0.29) is 0 Å². The van der Waals surface area contributed by atoms with E-state index < -0.39 is 0 Å². The van der Waals surface area contributed by atoms with Crippen molar-refractivity contribution in [2.45, 2.75) is 6.42 Å². The maximum atomic E-state index is 6.07. The predicted molar refractivity (Wildman–Crippen MR) is 94.3 cm³/mol. The van der Waals surface area contributed by atoms with Crippen LogP contribution in [0.5, 0.6) is 0 Å². The van der Waals surface area contributed by atoms with E-state index in [1.807, 2.05) is 48.7 Å². The summed E-state index contributed by atoms with van der Waals surface area (Å²) < 4.78 is 0. The minimum atomic E-state index is 0.663. The molecule has 0 aliphatic carbocycles. The van der Waals surface area contributed by atoms with E-state index in [2.05, 4.69) is 4.99 Å². The molecule has 5 heteroatoms. The summed E-state index contributed by atoms with van der Waals surface area (Å²) >= 11 is 13.7. The Bertz CT molecular complexity index is 736. The fourth-order valence-electron chi connectivity index (χ4n) is 2.11. The molecule has 2 nitrogen and oxygen atoms in total. The second kappa shape index (κ2) is 6.22. The first-order chi connectivity index (χ1) is 10.2. The normalized spacial score (nSPS) is 14.0. The number of nitrogens with zero attached hydrogens (tertiary/aromatic N) is 2. The van der Waals surface area contributed by atoms with Gasteiger partial charge in [0, 0.05) is 16.5 Å². The molecule has 21 heavy (non-hydrogen) atoms. The first-order valence-electron chi connectivity index (χ1n) is 6.40. The zero-order valence-corrected chi connectivity index (χ0v) is 13.6. The second-order valence-corrected chi connectivity index (χ2v) is 6.34. The van der Waals surface area contributed by atoms with Gasteiger partial charge in [-0.25, -0.2) is 4.99 Å². The van der Waals surface area contributed by atoms with E-state index in [4.69, 9.17) is 28.2 Å². The zero-order valence-electron chi connectivity index (χ0n) is 11.3. The number of thioether (sulfide) groups is 1. The Kier molecular flexibility index (Phi) is 4.34. The number of rotatable bonds is 1. The van der Waals surface area contributed by atoms with Crippen molar-refractivity contribution in [3.8, 4) is 0 Å². The lowest BCUT2D eigenvalue weighted by molar-refractivity contribution is 1.45. The quantitative estimate of drug-likeness (QED) is 0.636. The van der Waals surface area contributed by atoms with Crippen molar-refractivity contribution in [1.29, 1.82) is 0 Å². The predicted octanol–water partition coefficient (Wildman–Crippen LogP) is 5.91. The van der Waals surface area contributed by atoms with Crippen molar-refractivity contribution in [1.82, 2.24) is 0 Å². The lowest BCUT2D eigenvalue weighted by atomic mass is 10.1. The van der Waals surface area contributed by atoms with Crippen LogP contribution in [0.25, 0.3) is 0 Å². The van der Waals surface area contributed by atoms with Crippen LogP contribution in [0.2, 0.25) is 10.0 Å². The van der Waals surface area contributed by atoms with Crippen LogP contribution in [0.3, 0.4) is 0 Å². The Labute approximate surface area is 137 Å². The highest BCUT2D eigenvalue weighted by Crippen LogP contribution is 2.35. The van der Waals surface area contributed by atoms with Gasteiger partial charge in [-0.1, -0.05) is 35.3 Å². The molecule has 0 amide bonds. The van der Waals surface area contributed by atoms with Gasteiger partial charge in [-0.15, -0.1) is 11.8 Å². The first-order valence-corrected chi connectivity index (χ1v) is 8.38. The minimum Gasteiger partial charge on any atom is -0.250 e. The first kappa shape index (κ1) is 14.6. The number of hydrogen-bond acceptors (Lipinski definition) is 3. The van der Waals surface area contributed by atoms with Gasteiger partial charge in [0.2, 0.25) is 0 Å². The summed E-state index contributed by atoms with van der Waals surface area (Å²) in [6.45, 7) is 0. The van der Waals surface area contributed by atoms with Gasteiger partial charge in [0.15, 0.2) is 0 Å². The highest BCUT2D eigenvalue weighted by atomic mass is 35.5. The molecule has 3 rings (SSSR count). The summed E-state index contributed by atoms with van der Waals surface area (Å²) in [6.07, 6.45) is 2.73. The molecule has 0 saturated heterocycles. The van der Waals surface area contributed by atoms with Crippen LogP contribution < -0.4 is 0 Å². The van der Waals surface area contributed by atoms with E-state index >= 15 is 0 Å². The number of halogens is 2. The molecule has 0 unspecified atom stereocenters. The molecule has 0 bridgehead atoms. The molecular formula is C16H12Cl2N2S. The van der Waals surface area contributed by atoms with Crippen LogP contribution >= 0.6 is 35.0 Å². The number of hydrogen-bond donors (Lipinski definition) is 0. The van der Waals surface area contributed by atoms with Crippen molar-refractivity contribution in [3.63, 3.8) is 0 Å². The fourth-order valence-corrected chi connectivity index (χ4v) is 2.87. The van der Waals surface area contributed by atoms with Crippen molar-refractivity contribution in [3.05, 3.63) is 58.1 Å². The van der Waals surface area contributed by atoms with Crippen LogP contribution in [0.4, 0.5) is 11.4 Å². The van der Waals surface area contributed by atoms with Gasteiger partial charge < -0.3 is 0 Å². The summed E-state index contributed by atoms with van der Waals surface area (Å²) in [7, 11) is 0. The van der Waals surface area contributed by atoms with Crippen LogP contribution in [0.15, 0.2) is 52.4 Å². The molecule has 2 aromatic rings. The average molecular weight is 335 g/mol. The molecule has 0 radical (unpaired) electrons. The lowest BCUT2D eigenvalue weighted by Crippen LogP contribution is -2.05. The number of aliphatic imine (C=N–C) groups is 2. The Morgan fingerprint density at radius 3 is 2.33 bits per heavy atom.